The van der Waals surface area contributed by atoms with Crippen LogP contribution < -0.4 is 0 Å². The number of thiazole rings is 1. The van der Waals surface area contributed by atoms with E-state index in [4.69, 9.17) is 4.43 Å². The van der Waals surface area contributed by atoms with Gasteiger partial charge in [0.2, 0.25) is 14.2 Å². The lowest BCUT2D eigenvalue weighted by atomic mass is 9.60. The number of benzene rings is 1. The fraction of sp³-hybridized carbons (Fsp3) is 0.727. The zero-order chi connectivity index (χ0) is 30.1. The van der Waals surface area contributed by atoms with Crippen LogP contribution in [0.3, 0.4) is 0 Å². The monoisotopic (exact) mass is 621 g/mol. The van der Waals surface area contributed by atoms with Gasteiger partial charge >= 0.3 is 0 Å². The molecule has 2 fully saturated rings. The first-order valence-corrected chi connectivity index (χ1v) is 20.9. The smallest absolute Gasteiger partial charge is 0.210 e. The van der Waals surface area contributed by atoms with Crippen molar-refractivity contribution in [2.24, 2.45) is 23.2 Å². The molecule has 4 nitrogen and oxygen atoms in total. The average Bonchev–Trinajstić information content (AvgIpc) is 3.55. The molecule has 4 rings (SSSR count). The van der Waals surface area contributed by atoms with E-state index in [-0.39, 0.29) is 15.5 Å². The molecular weight excluding hydrogens is 570 g/mol. The van der Waals surface area contributed by atoms with Gasteiger partial charge < -0.3 is 4.43 Å². The Morgan fingerprint density at radius 1 is 1.17 bits per heavy atom. The Bertz CT molecular complexity index is 1280. The predicted molar refractivity (Wildman–Crippen MR) is 174 cm³/mol. The Labute approximate surface area is 253 Å². The van der Waals surface area contributed by atoms with Gasteiger partial charge in [0.25, 0.3) is 0 Å². The second-order valence-corrected chi connectivity index (χ2v) is 21.5. The van der Waals surface area contributed by atoms with E-state index in [2.05, 4.69) is 39.6 Å². The van der Waals surface area contributed by atoms with Crippen LogP contribution in [0.4, 0.5) is 4.39 Å². The number of rotatable bonds is 13. The fourth-order valence-corrected chi connectivity index (χ4v) is 13.7. The van der Waals surface area contributed by atoms with Crippen LogP contribution in [0.5, 0.6) is 0 Å². The van der Waals surface area contributed by atoms with E-state index < -0.39 is 29.9 Å². The predicted octanol–water partition coefficient (Wildman–Crippen LogP) is 9.77. The molecule has 0 spiro atoms. The Morgan fingerprint density at radius 2 is 1.85 bits per heavy atom. The van der Waals surface area contributed by atoms with Gasteiger partial charge in [-0.3, -0.25) is 0 Å². The molecule has 0 radical (unpaired) electrons. The van der Waals surface area contributed by atoms with Crippen LogP contribution in [0.15, 0.2) is 40.3 Å². The second-order valence-electron chi connectivity index (χ2n) is 13.6. The number of aromatic nitrogens is 1. The highest BCUT2D eigenvalue weighted by Crippen LogP contribution is 2.60. The molecule has 8 heteroatoms. The third-order valence-electron chi connectivity index (χ3n) is 10.9. The van der Waals surface area contributed by atoms with Crippen LogP contribution in [0.1, 0.15) is 93.4 Å². The first-order valence-electron chi connectivity index (χ1n) is 15.9. The van der Waals surface area contributed by atoms with Gasteiger partial charge in [0.05, 0.1) is 21.6 Å². The molecule has 0 aliphatic heterocycles. The standard InChI is InChI=1S/C33H52FNO3S2Si/c1-8-41(9-2,10-3)38-32(5,6)30(34)20-17-24(4)26-18-19-27-25(14-13-22-33(26,27)7)21-23-40(36,37)31-35-28-15-11-12-16-29(28)39-31/h11-12,15-16,21,24,26-27,30H,8-10,13-14,17-20,22-23H2,1-7H3/b25-21+/t24-,26-,27+,30+,33-/m1/s1. The average molecular weight is 622 g/mol. The molecule has 0 bridgehead atoms. The lowest BCUT2D eigenvalue weighted by Crippen LogP contribution is -2.49. The number of alkyl halides is 1. The van der Waals surface area contributed by atoms with E-state index in [0.717, 1.165) is 60.5 Å². The quantitative estimate of drug-likeness (QED) is 0.165. The molecule has 0 saturated heterocycles. The molecule has 2 saturated carbocycles. The van der Waals surface area contributed by atoms with Crippen molar-refractivity contribution in [3.8, 4) is 0 Å². The molecule has 5 atom stereocenters. The maximum atomic E-state index is 15.7. The van der Waals surface area contributed by atoms with Crippen molar-refractivity contribution in [2.75, 3.05) is 5.75 Å². The van der Waals surface area contributed by atoms with E-state index in [1.165, 1.54) is 23.3 Å². The van der Waals surface area contributed by atoms with Crippen molar-refractivity contribution < 1.29 is 17.2 Å². The molecule has 2 aromatic rings. The Morgan fingerprint density at radius 3 is 2.51 bits per heavy atom. The summed E-state index contributed by atoms with van der Waals surface area (Å²) >= 11 is 1.26. The molecule has 2 aliphatic carbocycles. The first-order chi connectivity index (χ1) is 19.3. The van der Waals surface area contributed by atoms with Gasteiger partial charge in [0.1, 0.15) is 6.17 Å². The zero-order valence-corrected chi connectivity index (χ0v) is 29.0. The number of hydrogen-bond acceptors (Lipinski definition) is 5. The van der Waals surface area contributed by atoms with Crippen LogP contribution in [0.2, 0.25) is 18.1 Å². The molecule has 230 valence electrons. The highest BCUT2D eigenvalue weighted by molar-refractivity contribution is 7.93. The van der Waals surface area contributed by atoms with Crippen LogP contribution in [0.25, 0.3) is 10.2 Å². The Hall–Kier alpha value is -1.09. The van der Waals surface area contributed by atoms with E-state index >= 15 is 4.39 Å². The normalized spacial score (nSPS) is 26.4. The van der Waals surface area contributed by atoms with Gasteiger partial charge in [-0.15, -0.1) is 11.3 Å². The number of para-hydroxylation sites is 1. The SMILES string of the molecule is CC[Si](CC)(CC)OC(C)(C)[C@@H](F)CC[C@@H](C)[C@H]1CC[C@H]2/C(=C/CS(=O)(=O)c3nc4ccccc4s3)CCC[C@]12C. The topological polar surface area (TPSA) is 56.3 Å². The van der Waals surface area contributed by atoms with Crippen molar-refractivity contribution in [1.29, 1.82) is 0 Å². The number of sulfone groups is 1. The summed E-state index contributed by atoms with van der Waals surface area (Å²) in [6, 6.07) is 10.7. The number of fused-ring (bicyclic) bond motifs is 2. The van der Waals surface area contributed by atoms with Gasteiger partial charge in [-0.05, 0) is 112 Å². The first kappa shape index (κ1) is 32.8. The molecule has 2 aliphatic rings. The molecule has 1 heterocycles. The van der Waals surface area contributed by atoms with Crippen molar-refractivity contribution in [2.45, 2.75) is 128 Å². The second kappa shape index (κ2) is 12.9. The summed E-state index contributed by atoms with van der Waals surface area (Å²) in [5, 5.41) is 0. The molecule has 41 heavy (non-hydrogen) atoms. The Balaban J connectivity index is 1.40. The summed E-state index contributed by atoms with van der Waals surface area (Å²) in [5.41, 5.74) is 1.46. The minimum Gasteiger partial charge on any atom is -0.409 e. The van der Waals surface area contributed by atoms with Gasteiger partial charge in [-0.1, -0.05) is 58.4 Å². The summed E-state index contributed by atoms with van der Waals surface area (Å²) in [6.45, 7) is 15.3. The molecule has 0 unspecified atom stereocenters. The van der Waals surface area contributed by atoms with E-state index in [9.17, 15) is 8.42 Å². The molecule has 0 amide bonds. The third-order valence-corrected chi connectivity index (χ3v) is 18.8. The van der Waals surface area contributed by atoms with E-state index in [1.54, 1.807) is 0 Å². The van der Waals surface area contributed by atoms with Crippen molar-refractivity contribution in [3.63, 3.8) is 0 Å². The molecule has 1 aromatic heterocycles. The van der Waals surface area contributed by atoms with E-state index in [0.29, 0.717) is 24.2 Å². The third kappa shape index (κ3) is 6.86. The van der Waals surface area contributed by atoms with Crippen LogP contribution in [-0.4, -0.2) is 39.2 Å². The van der Waals surface area contributed by atoms with Gasteiger partial charge in [0, 0.05) is 0 Å². The fourth-order valence-electron chi connectivity index (χ4n) is 8.08. The number of halogens is 1. The zero-order valence-electron chi connectivity index (χ0n) is 26.3. The molecule has 0 N–H and O–H groups in total. The number of nitrogens with zero attached hydrogens (tertiary/aromatic N) is 1. The number of allylic oxidation sites excluding steroid dienone is 1. The Kier molecular flexibility index (Phi) is 10.3. The summed E-state index contributed by atoms with van der Waals surface area (Å²) in [4.78, 5) is 4.41. The van der Waals surface area contributed by atoms with Crippen molar-refractivity contribution in [1.82, 2.24) is 4.98 Å². The largest absolute Gasteiger partial charge is 0.409 e. The molecular formula is C33H52FNO3S2Si. The number of hydrogen-bond donors (Lipinski definition) is 0. The summed E-state index contributed by atoms with van der Waals surface area (Å²) < 4.78 is 49.9. The van der Waals surface area contributed by atoms with Crippen molar-refractivity contribution in [3.05, 3.63) is 35.9 Å². The highest BCUT2D eigenvalue weighted by atomic mass is 32.2. The van der Waals surface area contributed by atoms with Gasteiger partial charge in [0.15, 0.2) is 8.32 Å². The summed E-state index contributed by atoms with van der Waals surface area (Å²) in [5.74, 6) is 1.39. The van der Waals surface area contributed by atoms with Crippen LogP contribution >= 0.6 is 11.3 Å². The minimum atomic E-state index is -3.47. The lowest BCUT2D eigenvalue weighted by Gasteiger charge is -2.45. The van der Waals surface area contributed by atoms with Gasteiger partial charge in [-0.2, -0.15) is 0 Å². The minimum absolute atomic E-state index is 0.0195. The summed E-state index contributed by atoms with van der Waals surface area (Å²) in [6.07, 6.45) is 7.92. The van der Waals surface area contributed by atoms with Gasteiger partial charge in [-0.25, -0.2) is 17.8 Å². The van der Waals surface area contributed by atoms with Crippen LogP contribution in [-0.2, 0) is 14.3 Å². The maximum absolute atomic E-state index is 15.7. The van der Waals surface area contributed by atoms with Crippen LogP contribution in [0, 0.1) is 23.2 Å². The summed E-state index contributed by atoms with van der Waals surface area (Å²) in [7, 11) is -5.36. The van der Waals surface area contributed by atoms with Crippen molar-refractivity contribution >= 4 is 39.7 Å². The lowest BCUT2D eigenvalue weighted by molar-refractivity contribution is 0.000358. The highest BCUT2D eigenvalue weighted by Gasteiger charge is 2.51. The molecule has 1 aromatic carbocycles. The van der Waals surface area contributed by atoms with E-state index in [1.807, 2.05) is 44.2 Å². The maximum Gasteiger partial charge on any atom is 0.210 e.